The van der Waals surface area contributed by atoms with Gasteiger partial charge in [-0.05, 0) is 47.2 Å². The van der Waals surface area contributed by atoms with Crippen molar-refractivity contribution in [1.29, 1.82) is 0 Å². The van der Waals surface area contributed by atoms with E-state index >= 15 is 0 Å². The highest BCUT2D eigenvalue weighted by Gasteiger charge is 2.30. The molecule has 0 atom stereocenters. The maximum absolute atomic E-state index is 4.45. The quantitative estimate of drug-likeness (QED) is 0.827. The first-order valence-electron chi connectivity index (χ1n) is 6.61. The fraction of sp³-hybridized carbons (Fsp3) is 0.643. The average Bonchev–Trinajstić information content (AvgIpc) is 2.40. The van der Waals surface area contributed by atoms with Crippen molar-refractivity contribution >= 4 is 27.7 Å². The molecule has 1 heterocycles. The molecule has 1 aliphatic carbocycles. The summed E-state index contributed by atoms with van der Waals surface area (Å²) in [4.78, 5) is 4.45. The van der Waals surface area contributed by atoms with Gasteiger partial charge in [-0.2, -0.15) is 11.8 Å². The molecule has 1 N–H and O–H groups in total. The molecule has 0 radical (unpaired) electrons. The van der Waals surface area contributed by atoms with Crippen LogP contribution < -0.4 is 5.32 Å². The van der Waals surface area contributed by atoms with Gasteiger partial charge in [0.15, 0.2) is 0 Å². The van der Waals surface area contributed by atoms with Crippen LogP contribution in [0.2, 0.25) is 0 Å². The third-order valence-corrected chi connectivity index (χ3v) is 5.58. The van der Waals surface area contributed by atoms with Crippen molar-refractivity contribution in [2.24, 2.45) is 0 Å². The predicted molar refractivity (Wildman–Crippen MR) is 83.0 cm³/mol. The van der Waals surface area contributed by atoms with Gasteiger partial charge in [-0.15, -0.1) is 0 Å². The lowest BCUT2D eigenvalue weighted by atomic mass is 9.88. The van der Waals surface area contributed by atoms with Gasteiger partial charge in [0.2, 0.25) is 0 Å². The normalized spacial score (nSPS) is 18.8. The van der Waals surface area contributed by atoms with Crippen molar-refractivity contribution < 1.29 is 0 Å². The molecular weight excluding hydrogens is 308 g/mol. The number of hydrogen-bond acceptors (Lipinski definition) is 3. The van der Waals surface area contributed by atoms with Crippen LogP contribution in [0.1, 0.15) is 37.8 Å². The molecule has 0 amide bonds. The molecule has 18 heavy (non-hydrogen) atoms. The van der Waals surface area contributed by atoms with Crippen LogP contribution in [0.15, 0.2) is 22.8 Å². The molecule has 0 spiro atoms. The molecule has 0 saturated heterocycles. The Morgan fingerprint density at radius 1 is 1.33 bits per heavy atom. The van der Waals surface area contributed by atoms with Crippen molar-refractivity contribution in [3.05, 3.63) is 28.5 Å². The van der Waals surface area contributed by atoms with E-state index in [1.54, 1.807) is 0 Å². The number of thioether (sulfide) groups is 1. The molecule has 4 heteroatoms. The monoisotopic (exact) mass is 328 g/mol. The predicted octanol–water partition coefficient (Wildman–Crippen LogP) is 4.00. The van der Waals surface area contributed by atoms with Gasteiger partial charge >= 0.3 is 0 Å². The molecule has 100 valence electrons. The van der Waals surface area contributed by atoms with Gasteiger partial charge in [0, 0.05) is 17.8 Å². The minimum absolute atomic E-state index is 0.463. The maximum atomic E-state index is 4.45. The van der Waals surface area contributed by atoms with Crippen LogP contribution >= 0.6 is 27.7 Å². The van der Waals surface area contributed by atoms with Gasteiger partial charge in [-0.3, -0.25) is 0 Å². The molecular formula is C14H21BrN2S. The van der Waals surface area contributed by atoms with Crippen LogP contribution in [0.25, 0.3) is 0 Å². The summed E-state index contributed by atoms with van der Waals surface area (Å²) < 4.78 is 1.38. The first-order chi connectivity index (χ1) is 8.74. The second-order valence-electron chi connectivity index (χ2n) is 5.00. The molecule has 0 bridgehead atoms. The second kappa shape index (κ2) is 6.92. The molecule has 1 saturated carbocycles. The molecule has 2 nitrogen and oxygen atoms in total. The van der Waals surface area contributed by atoms with E-state index in [1.165, 1.54) is 32.1 Å². The molecule has 1 aliphatic rings. The molecule has 0 aliphatic heterocycles. The fourth-order valence-electron chi connectivity index (χ4n) is 2.62. The van der Waals surface area contributed by atoms with E-state index in [-0.39, 0.29) is 0 Å². The van der Waals surface area contributed by atoms with Crippen LogP contribution in [-0.4, -0.2) is 22.5 Å². The van der Waals surface area contributed by atoms with Crippen LogP contribution in [-0.2, 0) is 6.54 Å². The number of halogens is 1. The Morgan fingerprint density at radius 3 is 2.78 bits per heavy atom. The second-order valence-corrected chi connectivity index (χ2v) is 7.09. The molecule has 1 aromatic heterocycles. The molecule has 1 aromatic rings. The largest absolute Gasteiger partial charge is 0.310 e. The van der Waals surface area contributed by atoms with E-state index in [1.807, 2.05) is 23.9 Å². The molecule has 0 aromatic carbocycles. The van der Waals surface area contributed by atoms with Crippen LogP contribution in [0.5, 0.6) is 0 Å². The summed E-state index contributed by atoms with van der Waals surface area (Å²) in [7, 11) is 0. The topological polar surface area (TPSA) is 24.9 Å². The Hall–Kier alpha value is -0.0600. The summed E-state index contributed by atoms with van der Waals surface area (Å²) in [5.74, 6) is 0. The minimum atomic E-state index is 0.463. The smallest absolute Gasteiger partial charge is 0.106 e. The number of aromatic nitrogens is 1. The molecule has 0 unspecified atom stereocenters. The SMILES string of the molecule is CSC1(CNCc2cccc(Br)n2)CCCCC1. The van der Waals surface area contributed by atoms with Crippen LogP contribution in [0, 0.1) is 0 Å². The lowest BCUT2D eigenvalue weighted by molar-refractivity contribution is 0.379. The molecule has 2 rings (SSSR count). The van der Waals surface area contributed by atoms with Crippen molar-refractivity contribution in [2.45, 2.75) is 43.4 Å². The summed E-state index contributed by atoms with van der Waals surface area (Å²) in [5.41, 5.74) is 1.11. The van der Waals surface area contributed by atoms with E-state index < -0.39 is 0 Å². The summed E-state index contributed by atoms with van der Waals surface area (Å²) in [6.45, 7) is 1.96. The lowest BCUT2D eigenvalue weighted by Crippen LogP contribution is -2.39. The Kier molecular flexibility index (Phi) is 5.52. The molecule has 1 fully saturated rings. The number of nitrogens with one attached hydrogen (secondary N) is 1. The number of pyridine rings is 1. The van der Waals surface area contributed by atoms with Gasteiger partial charge in [-0.25, -0.2) is 4.98 Å². The van der Waals surface area contributed by atoms with E-state index in [9.17, 15) is 0 Å². The van der Waals surface area contributed by atoms with Crippen LogP contribution in [0.3, 0.4) is 0 Å². The highest BCUT2D eigenvalue weighted by Crippen LogP contribution is 2.37. The first kappa shape index (κ1) is 14.4. The Balaban J connectivity index is 1.83. The van der Waals surface area contributed by atoms with E-state index in [4.69, 9.17) is 0 Å². The number of rotatable bonds is 5. The van der Waals surface area contributed by atoms with Crippen molar-refractivity contribution in [3.8, 4) is 0 Å². The highest BCUT2D eigenvalue weighted by atomic mass is 79.9. The summed E-state index contributed by atoms with van der Waals surface area (Å²) in [6, 6.07) is 6.08. The summed E-state index contributed by atoms with van der Waals surface area (Å²) in [6.07, 6.45) is 9.15. The lowest BCUT2D eigenvalue weighted by Gasteiger charge is -2.36. The maximum Gasteiger partial charge on any atom is 0.106 e. The fourth-order valence-corrected chi connectivity index (χ4v) is 3.94. The van der Waals surface area contributed by atoms with E-state index in [0.717, 1.165) is 23.4 Å². The van der Waals surface area contributed by atoms with Crippen molar-refractivity contribution in [3.63, 3.8) is 0 Å². The van der Waals surface area contributed by atoms with Crippen LogP contribution in [0.4, 0.5) is 0 Å². The van der Waals surface area contributed by atoms with E-state index in [2.05, 4.69) is 38.6 Å². The van der Waals surface area contributed by atoms with E-state index in [0.29, 0.717) is 4.75 Å². The third kappa shape index (κ3) is 3.97. The first-order valence-corrected chi connectivity index (χ1v) is 8.63. The zero-order valence-electron chi connectivity index (χ0n) is 10.9. The standard InChI is InChI=1S/C14H21BrN2S/c1-18-14(8-3-2-4-9-14)11-16-10-12-6-5-7-13(15)17-12/h5-7,16H,2-4,8-11H2,1H3. The summed E-state index contributed by atoms with van der Waals surface area (Å²) >= 11 is 5.45. The zero-order chi connectivity index (χ0) is 12.8. The Bertz CT molecular complexity index is 378. The van der Waals surface area contributed by atoms with Gasteiger partial charge in [0.1, 0.15) is 4.60 Å². The highest BCUT2D eigenvalue weighted by molar-refractivity contribution is 9.10. The van der Waals surface area contributed by atoms with Crippen molar-refractivity contribution in [2.75, 3.05) is 12.8 Å². The Morgan fingerprint density at radius 2 is 2.11 bits per heavy atom. The zero-order valence-corrected chi connectivity index (χ0v) is 13.3. The minimum Gasteiger partial charge on any atom is -0.310 e. The summed E-state index contributed by atoms with van der Waals surface area (Å²) in [5, 5.41) is 3.59. The van der Waals surface area contributed by atoms with Gasteiger partial charge in [0.25, 0.3) is 0 Å². The third-order valence-electron chi connectivity index (χ3n) is 3.72. The number of hydrogen-bond donors (Lipinski definition) is 1. The van der Waals surface area contributed by atoms with Crippen molar-refractivity contribution in [1.82, 2.24) is 10.3 Å². The number of nitrogens with zero attached hydrogens (tertiary/aromatic N) is 1. The van der Waals surface area contributed by atoms with Gasteiger partial charge < -0.3 is 5.32 Å². The Labute approximate surface area is 122 Å². The van der Waals surface area contributed by atoms with Gasteiger partial charge in [0.05, 0.1) is 5.69 Å². The average molecular weight is 329 g/mol. The van der Waals surface area contributed by atoms with Gasteiger partial charge in [-0.1, -0.05) is 25.3 Å².